The Labute approximate surface area is 120 Å². The number of amides is 1. The van der Waals surface area contributed by atoms with Gasteiger partial charge in [-0.2, -0.15) is 0 Å². The molecule has 0 saturated carbocycles. The number of hydrogen-bond acceptors (Lipinski definition) is 3. The molecular formula is C16H24N2O2. The number of hydrogen-bond donors (Lipinski definition) is 1. The minimum absolute atomic E-state index is 0.0213. The SMILES string of the molecule is CC(N)CCC(=O)N1CC(C)OCC1c1ccccc1. The summed E-state index contributed by atoms with van der Waals surface area (Å²) >= 11 is 0. The summed E-state index contributed by atoms with van der Waals surface area (Å²) in [6.07, 6.45) is 1.33. The third-order valence-electron chi connectivity index (χ3n) is 3.69. The number of rotatable bonds is 4. The lowest BCUT2D eigenvalue weighted by molar-refractivity contribution is -0.144. The number of morpholine rings is 1. The average Bonchev–Trinajstić information content (AvgIpc) is 2.45. The van der Waals surface area contributed by atoms with Crippen molar-refractivity contribution in [3.05, 3.63) is 35.9 Å². The van der Waals surface area contributed by atoms with Crippen LogP contribution >= 0.6 is 0 Å². The smallest absolute Gasteiger partial charge is 0.223 e. The molecule has 2 rings (SSSR count). The van der Waals surface area contributed by atoms with Crippen LogP contribution in [0.2, 0.25) is 0 Å². The molecule has 0 bridgehead atoms. The first-order chi connectivity index (χ1) is 9.58. The fourth-order valence-corrected chi connectivity index (χ4v) is 2.52. The van der Waals surface area contributed by atoms with E-state index < -0.39 is 0 Å². The number of ether oxygens (including phenoxy) is 1. The standard InChI is InChI=1S/C16H24N2O2/c1-12(17)8-9-16(19)18-10-13(2)20-11-15(18)14-6-4-3-5-7-14/h3-7,12-13,15H,8-11,17H2,1-2H3. The third-order valence-corrected chi connectivity index (χ3v) is 3.69. The fraction of sp³-hybridized carbons (Fsp3) is 0.562. The zero-order valence-corrected chi connectivity index (χ0v) is 12.3. The van der Waals surface area contributed by atoms with Gasteiger partial charge in [0.1, 0.15) is 0 Å². The molecule has 1 heterocycles. The molecule has 1 amide bonds. The van der Waals surface area contributed by atoms with E-state index in [2.05, 4.69) is 12.1 Å². The van der Waals surface area contributed by atoms with E-state index in [-0.39, 0.29) is 24.1 Å². The molecule has 3 unspecified atom stereocenters. The van der Waals surface area contributed by atoms with Crippen LogP contribution in [0.15, 0.2) is 30.3 Å². The summed E-state index contributed by atoms with van der Waals surface area (Å²) in [5.41, 5.74) is 6.88. The zero-order valence-electron chi connectivity index (χ0n) is 12.3. The highest BCUT2D eigenvalue weighted by atomic mass is 16.5. The van der Waals surface area contributed by atoms with Gasteiger partial charge in [0.2, 0.25) is 5.91 Å². The van der Waals surface area contributed by atoms with E-state index in [1.807, 2.05) is 36.9 Å². The van der Waals surface area contributed by atoms with Crippen LogP contribution in [0.4, 0.5) is 0 Å². The van der Waals surface area contributed by atoms with E-state index in [0.717, 1.165) is 12.0 Å². The van der Waals surface area contributed by atoms with Crippen LogP contribution in [0.5, 0.6) is 0 Å². The second-order valence-electron chi connectivity index (χ2n) is 5.63. The average molecular weight is 276 g/mol. The quantitative estimate of drug-likeness (QED) is 0.916. The summed E-state index contributed by atoms with van der Waals surface area (Å²) in [5.74, 6) is 0.173. The zero-order chi connectivity index (χ0) is 14.5. The van der Waals surface area contributed by atoms with Gasteiger partial charge in [-0.15, -0.1) is 0 Å². The number of carbonyl (C=O) groups excluding carboxylic acids is 1. The molecule has 20 heavy (non-hydrogen) atoms. The van der Waals surface area contributed by atoms with Gasteiger partial charge >= 0.3 is 0 Å². The van der Waals surface area contributed by atoms with Crippen molar-refractivity contribution in [3.63, 3.8) is 0 Å². The molecule has 2 N–H and O–H groups in total. The lowest BCUT2D eigenvalue weighted by Crippen LogP contribution is -2.47. The predicted molar refractivity (Wildman–Crippen MR) is 79.2 cm³/mol. The van der Waals surface area contributed by atoms with Crippen molar-refractivity contribution in [1.29, 1.82) is 0 Å². The van der Waals surface area contributed by atoms with Crippen LogP contribution in [0.1, 0.15) is 38.3 Å². The second kappa shape index (κ2) is 6.86. The molecule has 4 heteroatoms. The maximum Gasteiger partial charge on any atom is 0.223 e. The van der Waals surface area contributed by atoms with Gasteiger partial charge in [0, 0.05) is 19.0 Å². The first-order valence-electron chi connectivity index (χ1n) is 7.29. The van der Waals surface area contributed by atoms with Gasteiger partial charge in [-0.05, 0) is 25.8 Å². The molecule has 4 nitrogen and oxygen atoms in total. The van der Waals surface area contributed by atoms with Crippen molar-refractivity contribution < 1.29 is 9.53 Å². The van der Waals surface area contributed by atoms with Gasteiger partial charge in [0.15, 0.2) is 0 Å². The van der Waals surface area contributed by atoms with E-state index >= 15 is 0 Å². The van der Waals surface area contributed by atoms with Crippen LogP contribution in [-0.4, -0.2) is 36.1 Å². The molecule has 1 aliphatic heterocycles. The third kappa shape index (κ3) is 3.81. The van der Waals surface area contributed by atoms with Crippen LogP contribution in [0.25, 0.3) is 0 Å². The van der Waals surface area contributed by atoms with Crippen molar-refractivity contribution in [1.82, 2.24) is 4.90 Å². The summed E-state index contributed by atoms with van der Waals surface area (Å²) in [6, 6.07) is 10.2. The van der Waals surface area contributed by atoms with Crippen molar-refractivity contribution in [2.45, 2.75) is 44.9 Å². The summed E-state index contributed by atoms with van der Waals surface area (Å²) < 4.78 is 5.73. The van der Waals surface area contributed by atoms with Crippen LogP contribution in [-0.2, 0) is 9.53 Å². The van der Waals surface area contributed by atoms with Gasteiger partial charge < -0.3 is 15.4 Å². The van der Waals surface area contributed by atoms with Gasteiger partial charge in [0.05, 0.1) is 18.8 Å². The van der Waals surface area contributed by atoms with Crippen molar-refractivity contribution >= 4 is 5.91 Å². The molecule has 0 aromatic heterocycles. The molecule has 3 atom stereocenters. The molecule has 0 radical (unpaired) electrons. The first kappa shape index (κ1) is 15.0. The van der Waals surface area contributed by atoms with E-state index in [9.17, 15) is 4.79 Å². The van der Waals surface area contributed by atoms with Crippen molar-refractivity contribution in [3.8, 4) is 0 Å². The molecule has 1 fully saturated rings. The second-order valence-corrected chi connectivity index (χ2v) is 5.63. The van der Waals surface area contributed by atoms with E-state index in [0.29, 0.717) is 19.6 Å². The highest BCUT2D eigenvalue weighted by molar-refractivity contribution is 5.77. The van der Waals surface area contributed by atoms with Crippen molar-refractivity contribution in [2.24, 2.45) is 5.73 Å². The summed E-state index contributed by atoms with van der Waals surface area (Å²) in [4.78, 5) is 14.4. The Bertz CT molecular complexity index is 433. The topological polar surface area (TPSA) is 55.6 Å². The molecular weight excluding hydrogens is 252 g/mol. The van der Waals surface area contributed by atoms with E-state index in [1.54, 1.807) is 0 Å². The Balaban J connectivity index is 2.10. The number of nitrogens with zero attached hydrogens (tertiary/aromatic N) is 1. The first-order valence-corrected chi connectivity index (χ1v) is 7.29. The van der Waals surface area contributed by atoms with Crippen LogP contribution < -0.4 is 5.73 Å². The number of benzene rings is 1. The lowest BCUT2D eigenvalue weighted by atomic mass is 10.0. The Morgan fingerprint density at radius 1 is 1.45 bits per heavy atom. The molecule has 1 aliphatic rings. The van der Waals surface area contributed by atoms with Gasteiger partial charge in [-0.3, -0.25) is 4.79 Å². The van der Waals surface area contributed by atoms with Crippen molar-refractivity contribution in [2.75, 3.05) is 13.2 Å². The van der Waals surface area contributed by atoms with E-state index in [4.69, 9.17) is 10.5 Å². The fourth-order valence-electron chi connectivity index (χ4n) is 2.52. The maximum absolute atomic E-state index is 12.4. The van der Waals surface area contributed by atoms with Gasteiger partial charge in [-0.25, -0.2) is 0 Å². The predicted octanol–water partition coefficient (Wildman–Crippen LogP) is 2.10. The van der Waals surface area contributed by atoms with Crippen LogP contribution in [0.3, 0.4) is 0 Å². The lowest BCUT2D eigenvalue weighted by Gasteiger charge is -2.39. The molecule has 1 aromatic rings. The van der Waals surface area contributed by atoms with E-state index in [1.165, 1.54) is 0 Å². The molecule has 0 spiro atoms. The maximum atomic E-state index is 12.4. The normalized spacial score (nSPS) is 24.4. The highest BCUT2D eigenvalue weighted by Gasteiger charge is 2.31. The Hall–Kier alpha value is -1.39. The Kier molecular flexibility index (Phi) is 5.15. The molecule has 110 valence electrons. The Morgan fingerprint density at radius 2 is 2.15 bits per heavy atom. The molecule has 0 aliphatic carbocycles. The van der Waals surface area contributed by atoms with Gasteiger partial charge in [0.25, 0.3) is 0 Å². The number of carbonyl (C=O) groups is 1. The molecule has 1 aromatic carbocycles. The summed E-state index contributed by atoms with van der Waals surface area (Å²) in [5, 5.41) is 0. The number of nitrogens with two attached hydrogens (primary N) is 1. The largest absolute Gasteiger partial charge is 0.374 e. The molecule has 1 saturated heterocycles. The minimum Gasteiger partial charge on any atom is -0.374 e. The van der Waals surface area contributed by atoms with Crippen LogP contribution in [0, 0.1) is 0 Å². The van der Waals surface area contributed by atoms with Gasteiger partial charge in [-0.1, -0.05) is 30.3 Å². The summed E-state index contributed by atoms with van der Waals surface area (Å²) in [6.45, 7) is 5.16. The monoisotopic (exact) mass is 276 g/mol. The Morgan fingerprint density at radius 3 is 2.80 bits per heavy atom. The highest BCUT2D eigenvalue weighted by Crippen LogP contribution is 2.27. The minimum atomic E-state index is 0.0213. The summed E-state index contributed by atoms with van der Waals surface area (Å²) in [7, 11) is 0.